The number of rotatable bonds is 3. The summed E-state index contributed by atoms with van der Waals surface area (Å²) in [5, 5.41) is 9.53. The van der Waals surface area contributed by atoms with Crippen molar-refractivity contribution in [3.63, 3.8) is 0 Å². The number of imidazole rings is 1. The molecule has 1 unspecified atom stereocenters. The van der Waals surface area contributed by atoms with Gasteiger partial charge in [-0.25, -0.2) is 4.98 Å². The lowest BCUT2D eigenvalue weighted by atomic mass is 10.4. The summed E-state index contributed by atoms with van der Waals surface area (Å²) in [5.74, 6) is 0. The fourth-order valence-corrected chi connectivity index (χ4v) is 1.85. The molecule has 70 valence electrons. The minimum atomic E-state index is -0.0418. The van der Waals surface area contributed by atoms with Gasteiger partial charge in [0.05, 0.1) is 11.3 Å². The Morgan fingerprint density at radius 1 is 1.54 bits per heavy atom. The highest BCUT2D eigenvalue weighted by Crippen LogP contribution is 2.23. The molecule has 0 fully saturated rings. The third-order valence-electron chi connectivity index (χ3n) is 1.65. The van der Waals surface area contributed by atoms with Gasteiger partial charge < -0.3 is 4.57 Å². The van der Waals surface area contributed by atoms with E-state index >= 15 is 0 Å². The predicted molar refractivity (Wildman–Crippen MR) is 53.5 cm³/mol. The van der Waals surface area contributed by atoms with Gasteiger partial charge in [0.1, 0.15) is 0 Å². The first-order valence-corrected chi connectivity index (χ1v) is 5.12. The molecule has 1 aromatic rings. The minimum Gasteiger partial charge on any atom is -0.324 e. The quantitative estimate of drug-likeness (QED) is 0.696. The van der Waals surface area contributed by atoms with Gasteiger partial charge in [-0.1, -0.05) is 11.8 Å². The van der Waals surface area contributed by atoms with Crippen LogP contribution >= 0.6 is 11.8 Å². The molecule has 0 aliphatic carbocycles. The van der Waals surface area contributed by atoms with Crippen molar-refractivity contribution in [2.24, 2.45) is 0 Å². The molecule has 0 aromatic carbocycles. The lowest BCUT2D eigenvalue weighted by Gasteiger charge is -2.10. The third-order valence-corrected chi connectivity index (χ3v) is 2.64. The summed E-state index contributed by atoms with van der Waals surface area (Å²) in [7, 11) is 0. The molecule has 4 heteroatoms. The molecule has 0 radical (unpaired) electrons. The van der Waals surface area contributed by atoms with Crippen LogP contribution in [0.3, 0.4) is 0 Å². The molecular formula is C9H13N3S. The fraction of sp³-hybridized carbons (Fsp3) is 0.556. The van der Waals surface area contributed by atoms with Crippen LogP contribution < -0.4 is 0 Å². The summed E-state index contributed by atoms with van der Waals surface area (Å²) >= 11 is 1.50. The van der Waals surface area contributed by atoms with E-state index in [1.165, 1.54) is 11.8 Å². The van der Waals surface area contributed by atoms with Crippen molar-refractivity contribution in [1.82, 2.24) is 9.55 Å². The van der Waals surface area contributed by atoms with E-state index in [0.29, 0.717) is 6.04 Å². The van der Waals surface area contributed by atoms with Crippen molar-refractivity contribution in [3.05, 3.63) is 12.4 Å². The Hall–Kier alpha value is -0.950. The maximum Gasteiger partial charge on any atom is 0.169 e. The zero-order valence-electron chi connectivity index (χ0n) is 8.06. The first-order chi connectivity index (χ1) is 6.15. The number of nitriles is 1. The summed E-state index contributed by atoms with van der Waals surface area (Å²) in [6.45, 7) is 6.08. The van der Waals surface area contributed by atoms with Gasteiger partial charge in [0.2, 0.25) is 0 Å². The molecule has 0 saturated heterocycles. The number of nitrogens with zero attached hydrogens (tertiary/aromatic N) is 3. The Bertz CT molecular complexity index is 311. The van der Waals surface area contributed by atoms with Crippen LogP contribution in [0.25, 0.3) is 0 Å². The second-order valence-corrected chi connectivity index (χ2v) is 4.41. The first-order valence-electron chi connectivity index (χ1n) is 4.24. The van der Waals surface area contributed by atoms with Crippen LogP contribution in [0.1, 0.15) is 26.8 Å². The van der Waals surface area contributed by atoms with Gasteiger partial charge in [0.25, 0.3) is 0 Å². The lowest BCUT2D eigenvalue weighted by Crippen LogP contribution is -2.03. The molecule has 1 atom stereocenters. The molecule has 0 saturated carbocycles. The van der Waals surface area contributed by atoms with Crippen LogP contribution in [0, 0.1) is 11.3 Å². The Morgan fingerprint density at radius 2 is 2.23 bits per heavy atom. The molecule has 13 heavy (non-hydrogen) atoms. The zero-order valence-corrected chi connectivity index (χ0v) is 8.88. The van der Waals surface area contributed by atoms with Gasteiger partial charge >= 0.3 is 0 Å². The molecule has 3 nitrogen and oxygen atoms in total. The molecule has 1 heterocycles. The van der Waals surface area contributed by atoms with E-state index in [2.05, 4.69) is 29.5 Å². The van der Waals surface area contributed by atoms with E-state index in [1.54, 1.807) is 6.20 Å². The highest BCUT2D eigenvalue weighted by atomic mass is 32.2. The summed E-state index contributed by atoms with van der Waals surface area (Å²) in [6, 6.07) is 2.58. The van der Waals surface area contributed by atoms with E-state index in [-0.39, 0.29) is 5.25 Å². The maximum atomic E-state index is 8.66. The number of aromatic nitrogens is 2. The van der Waals surface area contributed by atoms with Gasteiger partial charge in [-0.15, -0.1) is 0 Å². The molecule has 0 aliphatic heterocycles. The molecule has 0 bridgehead atoms. The number of hydrogen-bond donors (Lipinski definition) is 0. The molecule has 0 N–H and O–H groups in total. The van der Waals surface area contributed by atoms with Gasteiger partial charge in [0.15, 0.2) is 5.16 Å². The van der Waals surface area contributed by atoms with Crippen LogP contribution in [0.5, 0.6) is 0 Å². The van der Waals surface area contributed by atoms with E-state index in [9.17, 15) is 0 Å². The highest BCUT2D eigenvalue weighted by Gasteiger charge is 2.09. The van der Waals surface area contributed by atoms with Crippen LogP contribution in [0.4, 0.5) is 0 Å². The SMILES string of the molecule is CC(C#N)Sc1nccn1C(C)C. The number of thioether (sulfide) groups is 1. The van der Waals surface area contributed by atoms with Crippen molar-refractivity contribution in [2.75, 3.05) is 0 Å². The van der Waals surface area contributed by atoms with Crippen molar-refractivity contribution in [3.8, 4) is 6.07 Å². The second kappa shape index (κ2) is 4.33. The fourth-order valence-electron chi connectivity index (χ4n) is 0.968. The van der Waals surface area contributed by atoms with Crippen molar-refractivity contribution >= 4 is 11.8 Å². The van der Waals surface area contributed by atoms with E-state index in [4.69, 9.17) is 5.26 Å². The van der Waals surface area contributed by atoms with Crippen LogP contribution in [-0.4, -0.2) is 14.8 Å². The normalized spacial score (nSPS) is 12.8. The smallest absolute Gasteiger partial charge is 0.169 e. The minimum absolute atomic E-state index is 0.0418. The third kappa shape index (κ3) is 2.49. The molecule has 0 spiro atoms. The van der Waals surface area contributed by atoms with Crippen molar-refractivity contribution in [1.29, 1.82) is 5.26 Å². The van der Waals surface area contributed by atoms with Gasteiger partial charge in [0, 0.05) is 18.4 Å². The second-order valence-electron chi connectivity index (χ2n) is 3.10. The van der Waals surface area contributed by atoms with Crippen LogP contribution in [0.15, 0.2) is 17.6 Å². The Kier molecular flexibility index (Phi) is 3.38. The van der Waals surface area contributed by atoms with Crippen molar-refractivity contribution in [2.45, 2.75) is 37.2 Å². The van der Waals surface area contributed by atoms with Gasteiger partial charge in [-0.2, -0.15) is 5.26 Å². The topological polar surface area (TPSA) is 41.6 Å². The zero-order chi connectivity index (χ0) is 9.84. The summed E-state index contributed by atoms with van der Waals surface area (Å²) < 4.78 is 2.07. The Balaban J connectivity index is 2.78. The highest BCUT2D eigenvalue weighted by molar-refractivity contribution is 8.00. The van der Waals surface area contributed by atoms with E-state index < -0.39 is 0 Å². The van der Waals surface area contributed by atoms with Crippen LogP contribution in [0.2, 0.25) is 0 Å². The number of hydrogen-bond acceptors (Lipinski definition) is 3. The van der Waals surface area contributed by atoms with Gasteiger partial charge in [-0.3, -0.25) is 0 Å². The van der Waals surface area contributed by atoms with E-state index in [0.717, 1.165) is 5.16 Å². The molecule has 1 aromatic heterocycles. The summed E-state index contributed by atoms with van der Waals surface area (Å²) in [6.07, 6.45) is 3.71. The summed E-state index contributed by atoms with van der Waals surface area (Å²) in [5.41, 5.74) is 0. The summed E-state index contributed by atoms with van der Waals surface area (Å²) in [4.78, 5) is 4.20. The molecule has 0 amide bonds. The molecular weight excluding hydrogens is 182 g/mol. The van der Waals surface area contributed by atoms with E-state index in [1.807, 2.05) is 13.1 Å². The largest absolute Gasteiger partial charge is 0.324 e. The monoisotopic (exact) mass is 195 g/mol. The average molecular weight is 195 g/mol. The Labute approximate surface area is 82.8 Å². The van der Waals surface area contributed by atoms with Crippen LogP contribution in [-0.2, 0) is 0 Å². The maximum absolute atomic E-state index is 8.66. The predicted octanol–water partition coefficient (Wildman–Crippen LogP) is 2.47. The van der Waals surface area contributed by atoms with Gasteiger partial charge in [-0.05, 0) is 20.8 Å². The average Bonchev–Trinajstić information content (AvgIpc) is 2.52. The first kappa shape index (κ1) is 10.1. The standard InChI is InChI=1S/C9H13N3S/c1-7(2)12-5-4-11-9(12)13-8(3)6-10/h4-5,7-8H,1-3H3. The molecule has 0 aliphatic rings. The Morgan fingerprint density at radius 3 is 2.77 bits per heavy atom. The van der Waals surface area contributed by atoms with Crippen molar-refractivity contribution < 1.29 is 0 Å². The lowest BCUT2D eigenvalue weighted by molar-refractivity contribution is 0.549. The molecule has 1 rings (SSSR count).